The SMILES string of the molecule is C=CCn1c(C)c(/C=c2/sc3n(c2=O)C(c2cccs2)C(C(=O)Nc2ccccc2)=C(C)N=3)c2ccccc21. The van der Waals surface area contributed by atoms with Crippen LogP contribution in [0.5, 0.6) is 0 Å². The molecule has 8 heteroatoms. The van der Waals surface area contributed by atoms with Crippen LogP contribution in [0.3, 0.4) is 0 Å². The number of nitrogens with one attached hydrogen (secondary N) is 1. The Labute approximate surface area is 233 Å². The monoisotopic (exact) mass is 550 g/mol. The van der Waals surface area contributed by atoms with Crippen molar-refractivity contribution in [1.29, 1.82) is 0 Å². The zero-order valence-corrected chi connectivity index (χ0v) is 23.2. The molecule has 2 aromatic carbocycles. The Balaban J connectivity index is 1.53. The Morgan fingerprint density at radius 2 is 1.85 bits per heavy atom. The lowest BCUT2D eigenvalue weighted by Gasteiger charge is -2.24. The molecule has 0 fully saturated rings. The number of hydrogen-bond acceptors (Lipinski definition) is 5. The third-order valence-corrected chi connectivity index (χ3v) is 8.89. The van der Waals surface area contributed by atoms with E-state index in [0.717, 1.165) is 27.0 Å². The number of amides is 1. The van der Waals surface area contributed by atoms with Crippen LogP contribution in [0.25, 0.3) is 17.0 Å². The van der Waals surface area contributed by atoms with Gasteiger partial charge >= 0.3 is 0 Å². The number of thiazole rings is 1. The smallest absolute Gasteiger partial charge is 0.271 e. The van der Waals surface area contributed by atoms with Crippen molar-refractivity contribution in [1.82, 2.24) is 9.13 Å². The summed E-state index contributed by atoms with van der Waals surface area (Å²) in [4.78, 5) is 33.9. The Hall–Kier alpha value is -4.27. The van der Waals surface area contributed by atoms with E-state index in [-0.39, 0.29) is 11.5 Å². The molecule has 39 heavy (non-hydrogen) atoms. The maximum Gasteiger partial charge on any atom is 0.271 e. The number of anilines is 1. The molecule has 0 spiro atoms. The number of para-hydroxylation sites is 2. The highest BCUT2D eigenvalue weighted by Crippen LogP contribution is 2.33. The van der Waals surface area contributed by atoms with Gasteiger partial charge in [-0.25, -0.2) is 4.99 Å². The number of thiophene rings is 1. The predicted octanol–water partition coefficient (Wildman–Crippen LogP) is 5.38. The predicted molar refractivity (Wildman–Crippen MR) is 160 cm³/mol. The van der Waals surface area contributed by atoms with Crippen LogP contribution in [0.2, 0.25) is 0 Å². The number of fused-ring (bicyclic) bond motifs is 2. The molecule has 1 amide bonds. The molecule has 0 bridgehead atoms. The molecule has 3 aromatic heterocycles. The second-order valence-corrected chi connectivity index (χ2v) is 11.3. The summed E-state index contributed by atoms with van der Waals surface area (Å²) in [6.45, 7) is 8.50. The second kappa shape index (κ2) is 10.1. The van der Waals surface area contributed by atoms with Crippen LogP contribution in [0, 0.1) is 6.92 Å². The molecule has 1 unspecified atom stereocenters. The summed E-state index contributed by atoms with van der Waals surface area (Å²) >= 11 is 2.88. The summed E-state index contributed by atoms with van der Waals surface area (Å²) in [5.74, 6) is -0.265. The van der Waals surface area contributed by atoms with Crippen LogP contribution in [0.1, 0.15) is 29.1 Å². The number of allylic oxidation sites excluding steroid dienone is 2. The summed E-state index contributed by atoms with van der Waals surface area (Å²) in [7, 11) is 0. The number of benzene rings is 2. The van der Waals surface area contributed by atoms with Gasteiger partial charge in [-0.2, -0.15) is 0 Å². The first-order valence-electron chi connectivity index (χ1n) is 12.6. The maximum atomic E-state index is 14.0. The van der Waals surface area contributed by atoms with Crippen molar-refractivity contribution in [2.45, 2.75) is 26.4 Å². The van der Waals surface area contributed by atoms with Gasteiger partial charge in [0, 0.05) is 39.3 Å². The minimum absolute atomic E-state index is 0.158. The number of nitrogens with zero attached hydrogens (tertiary/aromatic N) is 3. The molecular formula is C31H26N4O2S2. The first-order chi connectivity index (χ1) is 19.0. The van der Waals surface area contributed by atoms with Crippen molar-refractivity contribution in [3.05, 3.63) is 132 Å². The Morgan fingerprint density at radius 3 is 2.59 bits per heavy atom. The van der Waals surface area contributed by atoms with Crippen LogP contribution < -0.4 is 20.2 Å². The quantitative estimate of drug-likeness (QED) is 0.288. The highest BCUT2D eigenvalue weighted by atomic mass is 32.1. The van der Waals surface area contributed by atoms with Crippen molar-refractivity contribution in [2.24, 2.45) is 4.99 Å². The Bertz CT molecular complexity index is 1940. The van der Waals surface area contributed by atoms with E-state index in [2.05, 4.69) is 35.5 Å². The van der Waals surface area contributed by atoms with Crippen LogP contribution >= 0.6 is 22.7 Å². The maximum absolute atomic E-state index is 14.0. The first-order valence-corrected chi connectivity index (χ1v) is 14.3. The fraction of sp³-hybridized carbons (Fsp3) is 0.129. The topological polar surface area (TPSA) is 68.4 Å². The molecule has 0 saturated heterocycles. The van der Waals surface area contributed by atoms with E-state index in [1.54, 1.807) is 4.57 Å². The number of hydrogen-bond donors (Lipinski definition) is 1. The van der Waals surface area contributed by atoms with Crippen molar-refractivity contribution < 1.29 is 4.79 Å². The van der Waals surface area contributed by atoms with Crippen molar-refractivity contribution >= 4 is 51.2 Å². The molecule has 6 nitrogen and oxygen atoms in total. The van der Waals surface area contributed by atoms with Gasteiger partial charge in [0.1, 0.15) is 6.04 Å². The third kappa shape index (κ3) is 4.31. The normalized spacial score (nSPS) is 15.3. The molecule has 0 saturated carbocycles. The molecule has 6 rings (SSSR count). The minimum atomic E-state index is -0.560. The summed E-state index contributed by atoms with van der Waals surface area (Å²) in [6, 6.07) is 20.9. The van der Waals surface area contributed by atoms with Gasteiger partial charge in [-0.1, -0.05) is 59.9 Å². The highest BCUT2D eigenvalue weighted by Gasteiger charge is 2.33. The summed E-state index contributed by atoms with van der Waals surface area (Å²) in [5, 5.41) is 6.03. The summed E-state index contributed by atoms with van der Waals surface area (Å²) in [6.07, 6.45) is 3.85. The number of rotatable bonds is 6. The highest BCUT2D eigenvalue weighted by molar-refractivity contribution is 7.10. The molecule has 1 atom stereocenters. The first kappa shape index (κ1) is 25.0. The lowest BCUT2D eigenvalue weighted by molar-refractivity contribution is -0.113. The van der Waals surface area contributed by atoms with Gasteiger partial charge in [0.05, 0.1) is 15.8 Å². The standard InChI is InChI=1S/C31H26N4O2S2/c1-4-16-34-20(3)23(22-13-8-9-14-24(22)34)18-26-30(37)35-28(25-15-10-17-38-25)27(19(2)32-31(35)39-26)29(36)33-21-11-6-5-7-12-21/h4-15,17-18,28H,1,16H2,2-3H3,(H,33,36)/b26-18+. The van der Waals surface area contributed by atoms with E-state index >= 15 is 0 Å². The minimum Gasteiger partial charge on any atom is -0.340 e. The molecule has 1 aliphatic heterocycles. The van der Waals surface area contributed by atoms with Gasteiger partial charge in [0.15, 0.2) is 4.80 Å². The largest absolute Gasteiger partial charge is 0.340 e. The van der Waals surface area contributed by atoms with Crippen LogP contribution in [-0.4, -0.2) is 15.0 Å². The lowest BCUT2D eigenvalue weighted by atomic mass is 10.0. The van der Waals surface area contributed by atoms with Crippen molar-refractivity contribution in [3.8, 4) is 0 Å². The van der Waals surface area contributed by atoms with Gasteiger partial charge in [-0.3, -0.25) is 14.2 Å². The average Bonchev–Trinajstić information content (AvgIpc) is 3.64. The Kier molecular flexibility index (Phi) is 6.50. The van der Waals surface area contributed by atoms with E-state index in [0.29, 0.717) is 32.8 Å². The number of carbonyl (C=O) groups excluding carboxylic acids is 1. The third-order valence-electron chi connectivity index (χ3n) is 6.98. The van der Waals surface area contributed by atoms with E-state index in [9.17, 15) is 9.59 Å². The molecule has 5 aromatic rings. The van der Waals surface area contributed by atoms with Gasteiger partial charge in [0.25, 0.3) is 11.5 Å². The van der Waals surface area contributed by atoms with Crippen LogP contribution in [-0.2, 0) is 11.3 Å². The fourth-order valence-electron chi connectivity index (χ4n) is 5.18. The average molecular weight is 551 g/mol. The summed E-state index contributed by atoms with van der Waals surface area (Å²) in [5.41, 5.74) is 4.78. The van der Waals surface area contributed by atoms with E-state index in [4.69, 9.17) is 4.99 Å². The van der Waals surface area contributed by atoms with Crippen molar-refractivity contribution in [2.75, 3.05) is 5.32 Å². The van der Waals surface area contributed by atoms with Crippen LogP contribution in [0.15, 0.2) is 106 Å². The van der Waals surface area contributed by atoms with E-state index < -0.39 is 6.04 Å². The van der Waals surface area contributed by atoms with Gasteiger partial charge in [0.2, 0.25) is 0 Å². The van der Waals surface area contributed by atoms with Gasteiger partial charge in [-0.15, -0.1) is 17.9 Å². The molecule has 4 heterocycles. The number of carbonyl (C=O) groups is 1. The zero-order chi connectivity index (χ0) is 27.1. The molecule has 1 aliphatic rings. The number of aromatic nitrogens is 2. The lowest BCUT2D eigenvalue weighted by Crippen LogP contribution is -2.40. The summed E-state index contributed by atoms with van der Waals surface area (Å²) < 4.78 is 4.46. The molecule has 194 valence electrons. The van der Waals surface area contributed by atoms with E-state index in [1.807, 2.05) is 79.1 Å². The molecule has 1 N–H and O–H groups in total. The van der Waals surface area contributed by atoms with Crippen molar-refractivity contribution in [3.63, 3.8) is 0 Å². The van der Waals surface area contributed by atoms with Gasteiger partial charge in [-0.05, 0) is 49.6 Å². The molecule has 0 aliphatic carbocycles. The second-order valence-electron chi connectivity index (χ2n) is 9.33. The van der Waals surface area contributed by atoms with Gasteiger partial charge < -0.3 is 9.88 Å². The zero-order valence-electron chi connectivity index (χ0n) is 21.5. The fourth-order valence-corrected chi connectivity index (χ4v) is 7.04. The Morgan fingerprint density at radius 1 is 1.08 bits per heavy atom. The molecule has 0 radical (unpaired) electrons. The van der Waals surface area contributed by atoms with E-state index in [1.165, 1.54) is 22.7 Å². The van der Waals surface area contributed by atoms with Crippen LogP contribution in [0.4, 0.5) is 5.69 Å². The molecular weight excluding hydrogens is 525 g/mol.